The van der Waals surface area contributed by atoms with Gasteiger partial charge in [0.15, 0.2) is 0 Å². The maximum absolute atomic E-state index is 12.6. The smallest absolute Gasteiger partial charge is 0.251 e. The second kappa shape index (κ2) is 5.58. The molecule has 2 aromatic rings. The van der Waals surface area contributed by atoms with Crippen LogP contribution in [0.5, 0.6) is 5.75 Å². The Morgan fingerprint density at radius 2 is 2.09 bits per heavy atom. The molecular formula is C20H19NO2. The zero-order valence-electron chi connectivity index (χ0n) is 13.2. The molecule has 23 heavy (non-hydrogen) atoms. The van der Waals surface area contributed by atoms with Gasteiger partial charge in [0.2, 0.25) is 0 Å². The van der Waals surface area contributed by atoms with Crippen molar-refractivity contribution in [3.05, 3.63) is 65.2 Å². The molecule has 2 aromatic carbocycles. The SMILES string of the molecule is CC1Cc2ccccc2N1C(=O)/C=C/c1ccc2c(c1)CCO2. The molecule has 0 fully saturated rings. The van der Waals surface area contributed by atoms with Gasteiger partial charge in [-0.2, -0.15) is 0 Å². The van der Waals surface area contributed by atoms with Crippen LogP contribution in [0.2, 0.25) is 0 Å². The van der Waals surface area contributed by atoms with Crippen molar-refractivity contribution in [3.8, 4) is 5.75 Å². The fraction of sp³-hybridized carbons (Fsp3) is 0.250. The van der Waals surface area contributed by atoms with Gasteiger partial charge in [-0.3, -0.25) is 4.79 Å². The van der Waals surface area contributed by atoms with Crippen molar-refractivity contribution in [2.75, 3.05) is 11.5 Å². The van der Waals surface area contributed by atoms with Crippen molar-refractivity contribution in [2.45, 2.75) is 25.8 Å². The highest BCUT2D eigenvalue weighted by molar-refractivity contribution is 6.05. The number of fused-ring (bicyclic) bond motifs is 2. The summed E-state index contributed by atoms with van der Waals surface area (Å²) in [4.78, 5) is 14.5. The molecule has 1 unspecified atom stereocenters. The number of carbonyl (C=O) groups excluding carboxylic acids is 1. The highest BCUT2D eigenvalue weighted by atomic mass is 16.5. The summed E-state index contributed by atoms with van der Waals surface area (Å²) in [6, 6.07) is 14.4. The van der Waals surface area contributed by atoms with Crippen LogP contribution in [0.1, 0.15) is 23.6 Å². The van der Waals surface area contributed by atoms with Gasteiger partial charge in [-0.15, -0.1) is 0 Å². The van der Waals surface area contributed by atoms with E-state index in [1.165, 1.54) is 11.1 Å². The number of carbonyl (C=O) groups is 1. The number of anilines is 1. The number of hydrogen-bond acceptors (Lipinski definition) is 2. The quantitative estimate of drug-likeness (QED) is 0.793. The Hall–Kier alpha value is -2.55. The molecule has 0 saturated carbocycles. The average Bonchev–Trinajstić information content (AvgIpc) is 3.15. The van der Waals surface area contributed by atoms with E-state index in [9.17, 15) is 4.79 Å². The maximum atomic E-state index is 12.6. The Balaban J connectivity index is 1.56. The number of ether oxygens (including phenoxy) is 1. The Kier molecular flexibility index (Phi) is 3.41. The van der Waals surface area contributed by atoms with Gasteiger partial charge in [-0.25, -0.2) is 0 Å². The minimum absolute atomic E-state index is 0.0409. The van der Waals surface area contributed by atoms with E-state index < -0.39 is 0 Å². The molecule has 116 valence electrons. The van der Waals surface area contributed by atoms with Gasteiger partial charge in [-0.05, 0) is 54.3 Å². The lowest BCUT2D eigenvalue weighted by molar-refractivity contribution is -0.114. The predicted octanol–water partition coefficient (Wildman–Crippen LogP) is 3.61. The second-order valence-corrected chi connectivity index (χ2v) is 6.19. The number of para-hydroxylation sites is 1. The molecule has 0 bridgehead atoms. The zero-order valence-corrected chi connectivity index (χ0v) is 13.2. The maximum Gasteiger partial charge on any atom is 0.251 e. The lowest BCUT2D eigenvalue weighted by atomic mass is 10.1. The summed E-state index contributed by atoms with van der Waals surface area (Å²) >= 11 is 0. The first kappa shape index (κ1) is 14.1. The highest BCUT2D eigenvalue weighted by Gasteiger charge is 2.29. The fourth-order valence-corrected chi connectivity index (χ4v) is 3.46. The number of nitrogens with zero attached hydrogens (tertiary/aromatic N) is 1. The molecule has 1 atom stereocenters. The van der Waals surface area contributed by atoms with E-state index in [1.54, 1.807) is 6.08 Å². The molecule has 0 radical (unpaired) electrons. The third-order valence-corrected chi connectivity index (χ3v) is 4.58. The van der Waals surface area contributed by atoms with Crippen molar-refractivity contribution in [1.29, 1.82) is 0 Å². The van der Waals surface area contributed by atoms with Gasteiger partial charge in [-0.1, -0.05) is 24.3 Å². The van der Waals surface area contributed by atoms with Gasteiger partial charge in [0.1, 0.15) is 5.75 Å². The zero-order chi connectivity index (χ0) is 15.8. The van der Waals surface area contributed by atoms with Crippen LogP contribution in [-0.4, -0.2) is 18.6 Å². The van der Waals surface area contributed by atoms with Gasteiger partial charge >= 0.3 is 0 Å². The summed E-state index contributed by atoms with van der Waals surface area (Å²) in [5.74, 6) is 1.01. The van der Waals surface area contributed by atoms with E-state index in [-0.39, 0.29) is 11.9 Å². The molecule has 3 nitrogen and oxygen atoms in total. The van der Waals surface area contributed by atoms with Crippen molar-refractivity contribution in [3.63, 3.8) is 0 Å². The summed E-state index contributed by atoms with van der Waals surface area (Å²) in [6.45, 7) is 2.85. The molecular weight excluding hydrogens is 286 g/mol. The third-order valence-electron chi connectivity index (χ3n) is 4.58. The lowest BCUT2D eigenvalue weighted by Crippen LogP contribution is -2.34. The van der Waals surface area contributed by atoms with Crippen molar-refractivity contribution in [2.24, 2.45) is 0 Å². The first-order valence-electron chi connectivity index (χ1n) is 8.07. The van der Waals surface area contributed by atoms with Gasteiger partial charge in [0.05, 0.1) is 6.61 Å². The molecule has 3 heteroatoms. The van der Waals surface area contributed by atoms with Crippen molar-refractivity contribution >= 4 is 17.7 Å². The molecule has 2 aliphatic rings. The van der Waals surface area contributed by atoms with Gasteiger partial charge in [0.25, 0.3) is 5.91 Å². The van der Waals surface area contributed by atoms with E-state index in [2.05, 4.69) is 19.1 Å². The molecule has 1 amide bonds. The lowest BCUT2D eigenvalue weighted by Gasteiger charge is -2.20. The Labute approximate surface area is 136 Å². The van der Waals surface area contributed by atoms with Crippen LogP contribution in [-0.2, 0) is 17.6 Å². The summed E-state index contributed by atoms with van der Waals surface area (Å²) in [7, 11) is 0. The van der Waals surface area contributed by atoms with E-state index in [4.69, 9.17) is 4.74 Å². The Morgan fingerprint density at radius 1 is 1.22 bits per heavy atom. The average molecular weight is 305 g/mol. The summed E-state index contributed by atoms with van der Waals surface area (Å²) in [6.07, 6.45) is 5.44. The van der Waals surface area contributed by atoms with Crippen LogP contribution in [0.15, 0.2) is 48.5 Å². The van der Waals surface area contributed by atoms with E-state index in [0.717, 1.165) is 36.4 Å². The minimum Gasteiger partial charge on any atom is -0.493 e. The molecule has 0 aliphatic carbocycles. The molecule has 0 spiro atoms. The van der Waals surface area contributed by atoms with Crippen LogP contribution < -0.4 is 9.64 Å². The van der Waals surface area contributed by atoms with E-state index in [0.29, 0.717) is 0 Å². The third kappa shape index (κ3) is 2.52. The minimum atomic E-state index is 0.0409. The van der Waals surface area contributed by atoms with Crippen LogP contribution in [0.3, 0.4) is 0 Å². The Morgan fingerprint density at radius 3 is 3.00 bits per heavy atom. The normalized spacial score (nSPS) is 18.8. The van der Waals surface area contributed by atoms with Crippen LogP contribution in [0, 0.1) is 0 Å². The number of amides is 1. The van der Waals surface area contributed by atoms with Crippen molar-refractivity contribution < 1.29 is 9.53 Å². The standard InChI is InChI=1S/C20H19NO2/c1-14-12-16-4-2-3-5-18(16)21(14)20(22)9-7-15-6-8-19-17(13-15)10-11-23-19/h2-9,13-14H,10-12H2,1H3/b9-7+. The first-order chi connectivity index (χ1) is 11.2. The molecule has 4 rings (SSSR count). The van der Waals surface area contributed by atoms with Crippen LogP contribution in [0.4, 0.5) is 5.69 Å². The molecule has 2 aliphatic heterocycles. The summed E-state index contributed by atoms with van der Waals surface area (Å²) < 4.78 is 5.51. The topological polar surface area (TPSA) is 29.5 Å². The summed E-state index contributed by atoms with van der Waals surface area (Å²) in [5.41, 5.74) is 4.55. The van der Waals surface area contributed by atoms with E-state index >= 15 is 0 Å². The summed E-state index contributed by atoms with van der Waals surface area (Å²) in [5, 5.41) is 0. The van der Waals surface area contributed by atoms with E-state index in [1.807, 2.05) is 41.3 Å². The molecule has 0 saturated heterocycles. The van der Waals surface area contributed by atoms with Crippen LogP contribution >= 0.6 is 0 Å². The van der Waals surface area contributed by atoms with Gasteiger partial charge < -0.3 is 9.64 Å². The second-order valence-electron chi connectivity index (χ2n) is 6.19. The largest absolute Gasteiger partial charge is 0.493 e. The predicted molar refractivity (Wildman–Crippen MR) is 91.8 cm³/mol. The molecule has 0 N–H and O–H groups in total. The number of hydrogen-bond donors (Lipinski definition) is 0. The Bertz CT molecular complexity index is 794. The molecule has 2 heterocycles. The number of rotatable bonds is 2. The fourth-order valence-electron chi connectivity index (χ4n) is 3.46. The van der Waals surface area contributed by atoms with Gasteiger partial charge in [0, 0.05) is 24.2 Å². The highest BCUT2D eigenvalue weighted by Crippen LogP contribution is 2.32. The van der Waals surface area contributed by atoms with Crippen LogP contribution in [0.25, 0.3) is 6.08 Å². The molecule has 0 aromatic heterocycles. The van der Waals surface area contributed by atoms with Crippen molar-refractivity contribution in [1.82, 2.24) is 0 Å². The first-order valence-corrected chi connectivity index (χ1v) is 8.07. The monoisotopic (exact) mass is 305 g/mol. The number of benzene rings is 2.